The molecule has 3 fully saturated rings. The predicted octanol–water partition coefficient (Wildman–Crippen LogP) is 0.910. The first kappa shape index (κ1) is 35.9. The highest BCUT2D eigenvalue weighted by Gasteiger charge is 2.76. The van der Waals surface area contributed by atoms with Gasteiger partial charge in [-0.3, -0.25) is 29.6 Å². The number of ether oxygens (including phenoxy) is 2. The number of hydrogen-bond acceptors (Lipinski definition) is 14. The maximum absolute atomic E-state index is 17.3. The van der Waals surface area contributed by atoms with Gasteiger partial charge in [0.1, 0.15) is 12.6 Å². The fraction of sp³-hybridized carbons (Fsp3) is 0.576. The fourth-order valence-electron chi connectivity index (χ4n) is 8.45. The van der Waals surface area contributed by atoms with Crippen molar-refractivity contribution in [2.75, 3.05) is 19.8 Å². The number of benzene rings is 1. The first-order valence-electron chi connectivity index (χ1n) is 15.7. The number of nitrogens with zero attached hydrogens (tertiary/aromatic N) is 1. The van der Waals surface area contributed by atoms with Crippen molar-refractivity contribution in [1.29, 1.82) is 0 Å². The van der Waals surface area contributed by atoms with E-state index in [2.05, 4.69) is 4.84 Å². The molecule has 7 N–H and O–H groups in total. The van der Waals surface area contributed by atoms with Crippen LogP contribution >= 0.6 is 0 Å². The number of aliphatic hydroxyl groups is 3. The molecule has 1 aromatic carbocycles. The van der Waals surface area contributed by atoms with Crippen LogP contribution in [-0.2, 0) is 35.1 Å². The molecule has 0 heterocycles. The summed E-state index contributed by atoms with van der Waals surface area (Å²) in [6, 6.07) is 4.57. The number of esters is 2. The fourth-order valence-corrected chi connectivity index (χ4v) is 8.45. The lowest BCUT2D eigenvalue weighted by molar-refractivity contribution is -0.492. The molecule has 15 heteroatoms. The van der Waals surface area contributed by atoms with Crippen molar-refractivity contribution in [3.05, 3.63) is 59.2 Å². The summed E-state index contributed by atoms with van der Waals surface area (Å²) in [4.78, 5) is 55.1. The van der Waals surface area contributed by atoms with Crippen molar-refractivity contribution in [1.82, 2.24) is 5.39 Å². The molecule has 48 heavy (non-hydrogen) atoms. The van der Waals surface area contributed by atoms with Gasteiger partial charge in [0, 0.05) is 16.7 Å². The zero-order valence-electron chi connectivity index (χ0n) is 26.6. The number of Topliss-reactive ketones (excluding diaryl/α,β-unsaturated/α-hetero) is 1. The minimum atomic E-state index is -2.49. The third kappa shape index (κ3) is 5.81. The van der Waals surface area contributed by atoms with Crippen LogP contribution in [0.15, 0.2) is 48.1 Å². The van der Waals surface area contributed by atoms with Crippen LogP contribution in [0.1, 0.15) is 55.5 Å². The van der Waals surface area contributed by atoms with Gasteiger partial charge in [-0.25, -0.2) is 9.18 Å². The number of carbonyl (C=O) groups excluding carboxylic acids is 4. The highest BCUT2D eigenvalue weighted by Crippen LogP contribution is 2.69. The summed E-state index contributed by atoms with van der Waals surface area (Å²) in [5.74, 6) is -4.82. The number of fused-ring (bicyclic) bond motifs is 5. The van der Waals surface area contributed by atoms with E-state index in [-0.39, 0.29) is 37.2 Å². The highest BCUT2D eigenvalue weighted by molar-refractivity contribution is 6.01. The Morgan fingerprint density at radius 2 is 1.77 bits per heavy atom. The molecule has 5 rings (SSSR count). The second-order valence-electron chi connectivity index (χ2n) is 13.6. The summed E-state index contributed by atoms with van der Waals surface area (Å²) in [7, 11) is 0. The van der Waals surface area contributed by atoms with Crippen LogP contribution in [0.4, 0.5) is 4.39 Å². The molecular formula is C33H41FN2O12. The molecule has 14 nitrogen and oxygen atoms in total. The molecule has 4 aliphatic rings. The molecule has 0 bridgehead atoms. The van der Waals surface area contributed by atoms with E-state index < -0.39 is 88.5 Å². The zero-order chi connectivity index (χ0) is 35.2. The third-order valence-electron chi connectivity index (χ3n) is 11.1. The van der Waals surface area contributed by atoms with E-state index in [1.54, 1.807) is 19.1 Å². The number of halogens is 1. The quantitative estimate of drug-likeness (QED) is 0.142. The van der Waals surface area contributed by atoms with Gasteiger partial charge in [0.15, 0.2) is 23.7 Å². The molecule has 1 aromatic rings. The van der Waals surface area contributed by atoms with Gasteiger partial charge in [-0.15, -0.1) is 0 Å². The van der Waals surface area contributed by atoms with Crippen LogP contribution in [0.5, 0.6) is 0 Å². The van der Waals surface area contributed by atoms with E-state index in [0.29, 0.717) is 18.4 Å². The Kier molecular flexibility index (Phi) is 9.82. The maximum atomic E-state index is 17.3. The van der Waals surface area contributed by atoms with Gasteiger partial charge < -0.3 is 30.5 Å². The zero-order valence-corrected chi connectivity index (χ0v) is 26.6. The number of nitrogens with two attached hydrogens (primary N) is 1. The van der Waals surface area contributed by atoms with E-state index in [9.17, 15) is 34.5 Å². The van der Waals surface area contributed by atoms with Crippen LogP contribution < -0.4 is 5.73 Å². The minimum absolute atomic E-state index is 0.0346. The second kappa shape index (κ2) is 13.1. The molecule has 0 aliphatic heterocycles. The predicted molar refractivity (Wildman–Crippen MR) is 160 cm³/mol. The number of ketones is 2. The summed E-state index contributed by atoms with van der Waals surface area (Å²) in [5, 5.41) is 51.1. The lowest BCUT2D eigenvalue weighted by atomic mass is 9.44. The number of rotatable bonds is 11. The van der Waals surface area contributed by atoms with Crippen LogP contribution in [0, 0.1) is 22.7 Å². The maximum Gasteiger partial charge on any atom is 0.338 e. The van der Waals surface area contributed by atoms with E-state index in [0.717, 1.165) is 5.56 Å². The Morgan fingerprint density at radius 1 is 1.08 bits per heavy atom. The molecule has 262 valence electrons. The monoisotopic (exact) mass is 676 g/mol. The van der Waals surface area contributed by atoms with Crippen LogP contribution in [0.3, 0.4) is 0 Å². The van der Waals surface area contributed by atoms with E-state index in [4.69, 9.17) is 25.6 Å². The summed E-state index contributed by atoms with van der Waals surface area (Å²) in [6.45, 7) is 1.53. The number of hydrogen-bond donors (Lipinski definition) is 6. The van der Waals surface area contributed by atoms with Gasteiger partial charge >= 0.3 is 11.9 Å². The molecule has 9 atom stereocenters. The largest absolute Gasteiger partial charge is 0.460 e. The van der Waals surface area contributed by atoms with E-state index in [1.165, 1.54) is 37.3 Å². The van der Waals surface area contributed by atoms with E-state index >= 15 is 4.39 Å². The Bertz CT molecular complexity index is 1520. The van der Waals surface area contributed by atoms with Crippen LogP contribution in [0.25, 0.3) is 0 Å². The standard InChI is InChI=1S/C33H41FN2O12/c1-30-11-9-21(37)13-20(30)7-8-22-23-14-25(38)33(43,31(23,2)15-26(39)32(22,30)34)27(40)17-47-29(42)24(35)16-46-28(41)19-5-3-18(4-6-19)10-12-48-36(44)45/h3-6,9,11,13,22-26,38-39,43-45H,7-8,10,12,14-17,35H2,1-2H3/t22-,23-,24?,25+,26-,30-,31-,32-,33-/m0/s1. The summed E-state index contributed by atoms with van der Waals surface area (Å²) in [5.41, 5.74) is -0.254. The Morgan fingerprint density at radius 3 is 2.44 bits per heavy atom. The normalized spacial score (nSPS) is 36.0. The smallest absolute Gasteiger partial charge is 0.338 e. The van der Waals surface area contributed by atoms with Gasteiger partial charge in [0.25, 0.3) is 0 Å². The molecule has 1 unspecified atom stereocenters. The molecule has 4 aliphatic carbocycles. The molecule has 0 radical (unpaired) electrons. The van der Waals surface area contributed by atoms with Gasteiger partial charge in [0.2, 0.25) is 5.78 Å². The average Bonchev–Trinajstić information content (AvgIpc) is 3.24. The minimum Gasteiger partial charge on any atom is -0.460 e. The van der Waals surface area contributed by atoms with E-state index in [1.807, 2.05) is 0 Å². The average molecular weight is 677 g/mol. The SMILES string of the molecule is C[C@]12C=CC(=O)C=C1CC[C@H]1[C@@H]3C[C@@H](O)[C@](O)(C(=O)COC(=O)C(N)COC(=O)c4ccc(CCON(O)O)cc4)[C@@]3(C)C[C@H](O)[C@@]12F. The highest BCUT2D eigenvalue weighted by atomic mass is 19.1. The van der Waals surface area contributed by atoms with Crippen molar-refractivity contribution in [3.63, 3.8) is 0 Å². The Hall–Kier alpha value is -3.41. The van der Waals surface area contributed by atoms with Gasteiger partial charge in [-0.2, -0.15) is 0 Å². The molecule has 0 amide bonds. The summed E-state index contributed by atoms with van der Waals surface area (Å²) >= 11 is 0. The number of aliphatic hydroxyl groups excluding tert-OH is 2. The van der Waals surface area contributed by atoms with Gasteiger partial charge in [-0.05, 0) is 74.8 Å². The van der Waals surface area contributed by atoms with Crippen molar-refractivity contribution in [2.45, 2.75) is 75.5 Å². The number of alkyl halides is 1. The van der Waals surface area contributed by atoms with Crippen molar-refractivity contribution >= 4 is 23.5 Å². The molecule has 0 aromatic heterocycles. The third-order valence-corrected chi connectivity index (χ3v) is 11.1. The second-order valence-corrected chi connectivity index (χ2v) is 13.6. The van der Waals surface area contributed by atoms with Gasteiger partial charge in [-0.1, -0.05) is 30.7 Å². The molecule has 0 saturated heterocycles. The number of allylic oxidation sites excluding steroid dienone is 4. The topological polar surface area (TPSA) is 226 Å². The van der Waals surface area contributed by atoms with Gasteiger partial charge in [0.05, 0.1) is 29.8 Å². The van der Waals surface area contributed by atoms with Crippen LogP contribution in [0.2, 0.25) is 0 Å². The Labute approximate surface area is 275 Å². The molecule has 3 saturated carbocycles. The molecule has 0 spiro atoms. The first-order valence-corrected chi connectivity index (χ1v) is 15.7. The Balaban J connectivity index is 1.19. The summed E-state index contributed by atoms with van der Waals surface area (Å²) in [6.07, 6.45) is 1.23. The number of carbonyl (C=O) groups is 4. The summed E-state index contributed by atoms with van der Waals surface area (Å²) < 4.78 is 27.4. The lowest BCUT2D eigenvalue weighted by Crippen LogP contribution is -2.69. The first-order chi connectivity index (χ1) is 22.5. The lowest BCUT2D eigenvalue weighted by Gasteiger charge is -2.62. The van der Waals surface area contributed by atoms with Crippen LogP contribution in [-0.4, -0.2) is 104 Å². The van der Waals surface area contributed by atoms with Crippen molar-refractivity contribution in [3.8, 4) is 0 Å². The van der Waals surface area contributed by atoms with Crippen molar-refractivity contribution in [2.24, 2.45) is 28.4 Å². The molecular weight excluding hydrogens is 635 g/mol. The van der Waals surface area contributed by atoms with Crippen molar-refractivity contribution < 1.29 is 63.6 Å².